The number of carbonyl (C=O) groups is 2. The SMILES string of the molecule is CCOc1c(Cl)cc(C(=O)N2CCC(C(=O)N3CCCCC3)CC2)cc1OC. The summed E-state index contributed by atoms with van der Waals surface area (Å²) in [7, 11) is 1.53. The monoisotopic (exact) mass is 408 g/mol. The number of hydrogen-bond acceptors (Lipinski definition) is 4. The van der Waals surface area contributed by atoms with E-state index in [2.05, 4.69) is 0 Å². The molecule has 0 spiro atoms. The zero-order valence-corrected chi connectivity index (χ0v) is 17.5. The number of ether oxygens (including phenoxy) is 2. The molecule has 2 heterocycles. The van der Waals surface area contributed by atoms with Gasteiger partial charge in [0.25, 0.3) is 5.91 Å². The zero-order chi connectivity index (χ0) is 20.1. The first-order valence-electron chi connectivity index (χ1n) is 10.1. The van der Waals surface area contributed by atoms with Gasteiger partial charge in [0.05, 0.1) is 18.7 Å². The van der Waals surface area contributed by atoms with Crippen LogP contribution in [0, 0.1) is 5.92 Å². The summed E-state index contributed by atoms with van der Waals surface area (Å²) in [5, 5.41) is 0.361. The van der Waals surface area contributed by atoms with Crippen LogP contribution in [-0.4, -0.2) is 61.5 Å². The summed E-state index contributed by atoms with van der Waals surface area (Å²) in [5.41, 5.74) is 0.478. The van der Waals surface area contributed by atoms with Crippen LogP contribution in [0.4, 0.5) is 0 Å². The molecule has 0 unspecified atom stereocenters. The van der Waals surface area contributed by atoms with Crippen molar-refractivity contribution in [1.82, 2.24) is 9.80 Å². The second-order valence-corrected chi connectivity index (χ2v) is 7.78. The number of amides is 2. The second kappa shape index (κ2) is 9.50. The molecule has 0 aliphatic carbocycles. The molecule has 0 N–H and O–H groups in total. The Morgan fingerprint density at radius 1 is 1.07 bits per heavy atom. The van der Waals surface area contributed by atoms with E-state index >= 15 is 0 Å². The van der Waals surface area contributed by atoms with Gasteiger partial charge in [0.2, 0.25) is 5.91 Å². The maximum atomic E-state index is 12.9. The molecule has 0 radical (unpaired) electrons. The van der Waals surface area contributed by atoms with Gasteiger partial charge in [-0.2, -0.15) is 0 Å². The predicted octanol–water partition coefficient (Wildman–Crippen LogP) is 3.61. The first kappa shape index (κ1) is 20.8. The quantitative estimate of drug-likeness (QED) is 0.746. The lowest BCUT2D eigenvalue weighted by Crippen LogP contribution is -2.45. The summed E-state index contributed by atoms with van der Waals surface area (Å²) >= 11 is 6.30. The summed E-state index contributed by atoms with van der Waals surface area (Å²) in [4.78, 5) is 29.4. The molecule has 2 amide bonds. The van der Waals surface area contributed by atoms with Crippen LogP contribution >= 0.6 is 11.6 Å². The minimum absolute atomic E-state index is 0.0283. The third-order valence-electron chi connectivity index (χ3n) is 5.56. The molecule has 1 aromatic carbocycles. The van der Waals surface area contributed by atoms with Crippen LogP contribution in [0.5, 0.6) is 11.5 Å². The molecule has 154 valence electrons. The first-order chi connectivity index (χ1) is 13.5. The maximum absolute atomic E-state index is 12.9. The van der Waals surface area contributed by atoms with Crippen molar-refractivity contribution in [2.24, 2.45) is 5.92 Å². The number of methoxy groups -OCH3 is 1. The van der Waals surface area contributed by atoms with E-state index in [9.17, 15) is 9.59 Å². The molecule has 28 heavy (non-hydrogen) atoms. The van der Waals surface area contributed by atoms with E-state index in [1.54, 1.807) is 17.0 Å². The van der Waals surface area contributed by atoms with Crippen LogP contribution in [0.25, 0.3) is 0 Å². The van der Waals surface area contributed by atoms with E-state index in [-0.39, 0.29) is 17.7 Å². The van der Waals surface area contributed by atoms with Gasteiger partial charge < -0.3 is 19.3 Å². The smallest absolute Gasteiger partial charge is 0.254 e. The predicted molar refractivity (Wildman–Crippen MR) is 108 cm³/mol. The fraction of sp³-hybridized carbons (Fsp3) is 0.619. The van der Waals surface area contributed by atoms with E-state index in [4.69, 9.17) is 21.1 Å². The van der Waals surface area contributed by atoms with Crippen molar-refractivity contribution >= 4 is 23.4 Å². The Balaban J connectivity index is 1.63. The average Bonchev–Trinajstić information content (AvgIpc) is 2.74. The molecule has 3 rings (SSSR count). The van der Waals surface area contributed by atoms with Gasteiger partial charge in [0.15, 0.2) is 11.5 Å². The molecule has 0 atom stereocenters. The first-order valence-corrected chi connectivity index (χ1v) is 10.5. The molecular weight excluding hydrogens is 380 g/mol. The lowest BCUT2D eigenvalue weighted by Gasteiger charge is -2.35. The normalized spacial score (nSPS) is 18.1. The molecule has 2 aliphatic heterocycles. The van der Waals surface area contributed by atoms with E-state index < -0.39 is 0 Å². The number of nitrogens with zero attached hydrogens (tertiary/aromatic N) is 2. The minimum atomic E-state index is -0.0906. The molecule has 2 fully saturated rings. The van der Waals surface area contributed by atoms with Crippen LogP contribution in [0.3, 0.4) is 0 Å². The van der Waals surface area contributed by atoms with Gasteiger partial charge in [-0.3, -0.25) is 9.59 Å². The molecule has 2 aliphatic rings. The Bertz CT molecular complexity index is 711. The highest BCUT2D eigenvalue weighted by Crippen LogP contribution is 2.37. The van der Waals surface area contributed by atoms with Crippen LogP contribution in [0.2, 0.25) is 5.02 Å². The van der Waals surface area contributed by atoms with E-state index in [0.29, 0.717) is 54.6 Å². The molecule has 0 aromatic heterocycles. The lowest BCUT2D eigenvalue weighted by molar-refractivity contribution is -0.137. The molecule has 1 aromatic rings. The number of likely N-dealkylation sites (tertiary alicyclic amines) is 2. The van der Waals surface area contributed by atoms with Crippen LogP contribution < -0.4 is 9.47 Å². The molecular formula is C21H29ClN2O4. The summed E-state index contributed by atoms with van der Waals surface area (Å²) in [6, 6.07) is 3.30. The summed E-state index contributed by atoms with van der Waals surface area (Å²) in [6.45, 7) is 5.24. The second-order valence-electron chi connectivity index (χ2n) is 7.37. The minimum Gasteiger partial charge on any atom is -0.493 e. The maximum Gasteiger partial charge on any atom is 0.254 e. The summed E-state index contributed by atoms with van der Waals surface area (Å²) < 4.78 is 10.9. The number of halogens is 1. The Labute approximate surface area is 171 Å². The third-order valence-corrected chi connectivity index (χ3v) is 5.84. The number of rotatable bonds is 5. The Morgan fingerprint density at radius 3 is 2.36 bits per heavy atom. The van der Waals surface area contributed by atoms with Gasteiger partial charge in [-0.05, 0) is 51.2 Å². The highest BCUT2D eigenvalue weighted by molar-refractivity contribution is 6.32. The average molecular weight is 409 g/mol. The van der Waals surface area contributed by atoms with Crippen molar-refractivity contribution < 1.29 is 19.1 Å². The fourth-order valence-corrected chi connectivity index (χ4v) is 4.28. The Kier molecular flexibility index (Phi) is 7.05. The van der Waals surface area contributed by atoms with Crippen molar-refractivity contribution in [2.75, 3.05) is 39.9 Å². The topological polar surface area (TPSA) is 59.1 Å². The van der Waals surface area contributed by atoms with Gasteiger partial charge in [0, 0.05) is 37.7 Å². The third kappa shape index (κ3) is 4.54. The van der Waals surface area contributed by atoms with Gasteiger partial charge in [-0.25, -0.2) is 0 Å². The number of piperidine rings is 2. The van der Waals surface area contributed by atoms with Crippen molar-refractivity contribution in [3.63, 3.8) is 0 Å². The molecule has 6 nitrogen and oxygen atoms in total. The fourth-order valence-electron chi connectivity index (χ4n) is 4.01. The van der Waals surface area contributed by atoms with Gasteiger partial charge in [-0.15, -0.1) is 0 Å². The highest BCUT2D eigenvalue weighted by Gasteiger charge is 2.31. The van der Waals surface area contributed by atoms with E-state index in [1.807, 2.05) is 11.8 Å². The number of benzene rings is 1. The van der Waals surface area contributed by atoms with Crippen LogP contribution in [-0.2, 0) is 4.79 Å². The zero-order valence-electron chi connectivity index (χ0n) is 16.7. The van der Waals surface area contributed by atoms with Crippen molar-refractivity contribution in [2.45, 2.75) is 39.0 Å². The van der Waals surface area contributed by atoms with E-state index in [0.717, 1.165) is 25.9 Å². The van der Waals surface area contributed by atoms with Crippen molar-refractivity contribution in [3.8, 4) is 11.5 Å². The molecule has 2 saturated heterocycles. The van der Waals surface area contributed by atoms with Crippen LogP contribution in [0.1, 0.15) is 49.4 Å². The standard InChI is InChI=1S/C21H29ClN2O4/c1-3-28-19-17(22)13-16(14-18(19)27-2)21(26)24-11-7-15(8-12-24)20(25)23-9-5-4-6-10-23/h13-15H,3-12H2,1-2H3. The molecule has 7 heteroatoms. The Hall–Kier alpha value is -1.95. The van der Waals surface area contributed by atoms with Crippen LogP contribution in [0.15, 0.2) is 12.1 Å². The lowest BCUT2D eigenvalue weighted by atomic mass is 9.94. The van der Waals surface area contributed by atoms with Gasteiger partial charge in [0.1, 0.15) is 0 Å². The number of carbonyl (C=O) groups excluding carboxylic acids is 2. The van der Waals surface area contributed by atoms with Crippen molar-refractivity contribution in [1.29, 1.82) is 0 Å². The van der Waals surface area contributed by atoms with E-state index in [1.165, 1.54) is 13.5 Å². The summed E-state index contributed by atoms with van der Waals surface area (Å²) in [6.07, 6.45) is 4.84. The van der Waals surface area contributed by atoms with Crippen molar-refractivity contribution in [3.05, 3.63) is 22.7 Å². The largest absolute Gasteiger partial charge is 0.493 e. The molecule has 0 saturated carbocycles. The van der Waals surface area contributed by atoms with Gasteiger partial charge >= 0.3 is 0 Å². The number of hydrogen-bond donors (Lipinski definition) is 0. The summed E-state index contributed by atoms with van der Waals surface area (Å²) in [5.74, 6) is 1.10. The van der Waals surface area contributed by atoms with Gasteiger partial charge in [-0.1, -0.05) is 11.6 Å². The molecule has 0 bridgehead atoms. The highest BCUT2D eigenvalue weighted by atomic mass is 35.5. The Morgan fingerprint density at radius 2 is 1.75 bits per heavy atom.